The van der Waals surface area contributed by atoms with Gasteiger partial charge in [0.05, 0.1) is 12.7 Å². The standard InChI is InChI=1S/C71H102N13O24P/c1-36(2)54(79-51(87)31-33-84-52(88)29-30-53(84)89)64(93)78-49(24-21-32-73-71(72)100)63(92)77-48-27-25-47(26-28-48)35-104-109(101,102)108-60(38(5)6)57(76-45(13)86)69(98)107-59(37(3)4)56-67(96)83(16)58(43(11)103-17)70(99)105-42(10)55(75-44(12)85)68(97)106-50(34-46-22-19-18-20-23-46)66(95)82(15)40(8)61(90)74-39(7)65(94)81(14)41(9)62(91)80-56/h18-20,22-23,25-30,36-39,41-43,49-50,54-60H,8,21,24,31-35H2,1-7,9-17H3,(H,74,90)(H,75,85)(H,76,86)(H,77,92)(H,78,93)(H,79,87)(H,80,91)(H,101,102)(H3,72,73,100)/t39-,41-,42+,43+,49-,50+,54-,55-,56-,57-,58-,59+,60+/m0/s1. The molecule has 2 aliphatic rings. The van der Waals surface area contributed by atoms with Crippen molar-refractivity contribution in [3.63, 3.8) is 0 Å². The number of hydrogen-bond acceptors (Lipinski definition) is 23. The maximum atomic E-state index is 15.5. The number of urea groups is 1. The van der Waals surface area contributed by atoms with Crippen LogP contribution in [-0.4, -0.2) is 240 Å². The van der Waals surface area contributed by atoms with Crippen LogP contribution in [0.1, 0.15) is 113 Å². The molecule has 14 amide bonds. The molecule has 0 radical (unpaired) electrons. The van der Waals surface area contributed by atoms with Gasteiger partial charge in [-0.15, -0.1) is 0 Å². The molecular weight excluding hydrogens is 1450 g/mol. The molecule has 37 nitrogen and oxygen atoms in total. The van der Waals surface area contributed by atoms with Gasteiger partial charge in [0.15, 0.2) is 24.2 Å². The molecule has 0 saturated carbocycles. The number of amides is 14. The van der Waals surface area contributed by atoms with E-state index in [4.69, 9.17) is 33.7 Å². The lowest BCUT2D eigenvalue weighted by Crippen LogP contribution is -2.63. The number of ether oxygens (including phenoxy) is 4. The average Bonchev–Trinajstić information content (AvgIpc) is 1.30. The highest BCUT2D eigenvalue weighted by Gasteiger charge is 2.48. The van der Waals surface area contributed by atoms with E-state index >= 15 is 4.79 Å². The number of carbonyl (C=O) groups excluding carboxylic acids is 16. The van der Waals surface area contributed by atoms with Crippen LogP contribution in [0.5, 0.6) is 0 Å². The number of phosphoric ester groups is 1. The van der Waals surface area contributed by atoms with E-state index in [2.05, 4.69) is 49.1 Å². The van der Waals surface area contributed by atoms with Crippen molar-refractivity contribution in [3.8, 4) is 0 Å². The molecule has 600 valence electrons. The van der Waals surface area contributed by atoms with Crippen molar-refractivity contribution in [2.45, 2.75) is 194 Å². The SMILES string of the molecule is C=C1C(=O)N[C@@H](C)C(=O)N(C)[C@@H](C)C(=O)N[C@@H]([C@H](OC(=O)[C@@H](NC(C)=O)[C@H](OP(=O)(O)OCc2ccc(NC(=O)[C@H](CCCNC(N)=O)NC(=O)[C@@H](NC(=O)CCN3C(=O)C=CC3=O)C(C)C)cc2)C(C)C)C(C)C)C(=O)N(C)[C@@H]([C@@H](C)OC)C(=O)O[C@H](C)[C@H](NC(C)=O)C(=O)O[C@H](Cc2ccccc2)C(=O)N1C. The molecule has 0 aromatic heterocycles. The zero-order chi connectivity index (χ0) is 82.2. The first kappa shape index (κ1) is 90.9. The van der Waals surface area contributed by atoms with Crippen molar-refractivity contribution >= 4 is 108 Å². The van der Waals surface area contributed by atoms with Gasteiger partial charge in [-0.1, -0.05) is 90.6 Å². The molecule has 2 aromatic rings. The van der Waals surface area contributed by atoms with E-state index in [0.717, 1.165) is 59.7 Å². The summed E-state index contributed by atoms with van der Waals surface area (Å²) in [6, 6.07) is -0.392. The Balaban J connectivity index is 1.68. The summed E-state index contributed by atoms with van der Waals surface area (Å²) in [6.07, 6.45) is -6.80. The number of imide groups is 1. The fraction of sp³-hybridized carbons (Fsp3) is 0.549. The number of likely N-dealkylation sites (N-methyl/N-ethyl adjacent to an activating group) is 3. The number of carbonyl (C=O) groups is 16. The van der Waals surface area contributed by atoms with Gasteiger partial charge in [-0.3, -0.25) is 71.5 Å². The highest BCUT2D eigenvalue weighted by atomic mass is 31.2. The summed E-state index contributed by atoms with van der Waals surface area (Å²) in [7, 11) is -0.732. The Kier molecular flexibility index (Phi) is 34.8. The molecule has 2 aliphatic heterocycles. The molecule has 4 rings (SSSR count). The molecular formula is C71H102N13O24P. The lowest BCUT2D eigenvalue weighted by molar-refractivity contribution is -0.174. The zero-order valence-electron chi connectivity index (χ0n) is 63.9. The van der Waals surface area contributed by atoms with Gasteiger partial charge in [0.1, 0.15) is 54.2 Å². The first-order valence-corrected chi connectivity index (χ1v) is 36.5. The second-order valence-electron chi connectivity index (χ2n) is 27.2. The van der Waals surface area contributed by atoms with Crippen LogP contribution in [0.4, 0.5) is 10.5 Å². The van der Waals surface area contributed by atoms with E-state index < -0.39 is 212 Å². The monoisotopic (exact) mass is 1550 g/mol. The zero-order valence-corrected chi connectivity index (χ0v) is 64.8. The third kappa shape index (κ3) is 27.0. The van der Waals surface area contributed by atoms with Crippen LogP contribution in [0.15, 0.2) is 79.0 Å². The quantitative estimate of drug-likeness (QED) is 0.0123. The normalized spacial score (nSPS) is 21.8. The Morgan fingerprint density at radius 2 is 1.33 bits per heavy atom. The van der Waals surface area contributed by atoms with Crippen LogP contribution in [0.25, 0.3) is 0 Å². The molecule has 2 aromatic carbocycles. The van der Waals surface area contributed by atoms with Crippen molar-refractivity contribution < 1.29 is 114 Å². The number of hydrogen-bond donors (Lipinski definition) is 10. The van der Waals surface area contributed by atoms with Crippen molar-refractivity contribution in [1.82, 2.24) is 56.8 Å². The predicted octanol–water partition coefficient (Wildman–Crippen LogP) is 0.0199. The third-order valence-electron chi connectivity index (χ3n) is 17.6. The number of esters is 3. The number of nitrogens with zero attached hydrogens (tertiary/aromatic N) is 4. The molecule has 1 unspecified atom stereocenters. The lowest BCUT2D eigenvalue weighted by Gasteiger charge is -2.38. The molecule has 11 N–H and O–H groups in total. The first-order chi connectivity index (χ1) is 50.9. The summed E-state index contributed by atoms with van der Waals surface area (Å²) in [6.45, 7) is 19.0. The summed E-state index contributed by atoms with van der Waals surface area (Å²) in [5.74, 6) is -16.9. The molecule has 2 heterocycles. The summed E-state index contributed by atoms with van der Waals surface area (Å²) < 4.78 is 48.4. The van der Waals surface area contributed by atoms with Crippen LogP contribution in [-0.2, 0) is 118 Å². The number of nitrogens with one attached hydrogen (secondary N) is 8. The maximum Gasteiger partial charge on any atom is 0.472 e. The molecule has 109 heavy (non-hydrogen) atoms. The Morgan fingerprint density at radius 1 is 0.716 bits per heavy atom. The Hall–Kier alpha value is -10.5. The summed E-state index contributed by atoms with van der Waals surface area (Å²) in [5, 5.41) is 20.0. The van der Waals surface area contributed by atoms with Crippen LogP contribution in [0, 0.1) is 17.8 Å². The van der Waals surface area contributed by atoms with Crippen molar-refractivity contribution in [2.24, 2.45) is 23.5 Å². The Morgan fingerprint density at radius 3 is 1.88 bits per heavy atom. The average molecular weight is 1550 g/mol. The smallest absolute Gasteiger partial charge is 0.458 e. The number of benzene rings is 2. The van der Waals surface area contributed by atoms with Gasteiger partial charge in [0.2, 0.25) is 47.3 Å². The molecule has 38 heteroatoms. The van der Waals surface area contributed by atoms with E-state index in [0.29, 0.717) is 5.56 Å². The molecule has 0 bridgehead atoms. The molecule has 1 fully saturated rings. The maximum absolute atomic E-state index is 15.5. The minimum Gasteiger partial charge on any atom is -0.458 e. The van der Waals surface area contributed by atoms with Gasteiger partial charge in [0, 0.05) is 85.9 Å². The van der Waals surface area contributed by atoms with E-state index in [1.165, 1.54) is 93.8 Å². The van der Waals surface area contributed by atoms with Gasteiger partial charge in [-0.05, 0) is 81.5 Å². The molecule has 14 atom stereocenters. The van der Waals surface area contributed by atoms with Crippen molar-refractivity contribution in [2.75, 3.05) is 46.7 Å². The van der Waals surface area contributed by atoms with Crippen molar-refractivity contribution in [1.29, 1.82) is 0 Å². The number of methoxy groups -OCH3 is 1. The van der Waals surface area contributed by atoms with Gasteiger partial charge >= 0.3 is 31.8 Å². The van der Waals surface area contributed by atoms with Gasteiger partial charge in [-0.2, -0.15) is 0 Å². The largest absolute Gasteiger partial charge is 0.472 e. The Bertz CT molecular complexity index is 3750. The van der Waals surface area contributed by atoms with Gasteiger partial charge in [-0.25, -0.2) is 23.7 Å². The summed E-state index contributed by atoms with van der Waals surface area (Å²) in [5.41, 5.74) is 5.50. The van der Waals surface area contributed by atoms with Gasteiger partial charge in [0.25, 0.3) is 23.6 Å². The number of anilines is 1. The van der Waals surface area contributed by atoms with E-state index in [9.17, 15) is 81.4 Å². The minimum absolute atomic E-state index is 0.0109. The number of rotatable bonds is 30. The molecule has 0 spiro atoms. The fourth-order valence-corrected chi connectivity index (χ4v) is 12.2. The third-order valence-corrected chi connectivity index (χ3v) is 18.6. The fourth-order valence-electron chi connectivity index (χ4n) is 11.2. The second kappa shape index (κ2) is 41.7. The van der Waals surface area contributed by atoms with E-state index in [-0.39, 0.29) is 50.0 Å². The number of nitrogens with two attached hydrogens (primary N) is 1. The van der Waals surface area contributed by atoms with Crippen molar-refractivity contribution in [3.05, 3.63) is 90.2 Å². The summed E-state index contributed by atoms with van der Waals surface area (Å²) >= 11 is 0. The van der Waals surface area contributed by atoms with E-state index in [1.54, 1.807) is 44.2 Å². The highest BCUT2D eigenvalue weighted by molar-refractivity contribution is 7.47. The highest BCUT2D eigenvalue weighted by Crippen LogP contribution is 2.47. The van der Waals surface area contributed by atoms with Crippen LogP contribution in [0.3, 0.4) is 0 Å². The van der Waals surface area contributed by atoms with Crippen LogP contribution >= 0.6 is 7.82 Å². The predicted molar refractivity (Wildman–Crippen MR) is 388 cm³/mol. The lowest BCUT2D eigenvalue weighted by atomic mass is 9.95. The van der Waals surface area contributed by atoms with E-state index in [1.807, 2.05) is 0 Å². The minimum atomic E-state index is -5.33. The van der Waals surface area contributed by atoms with Gasteiger partial charge < -0.3 is 86.8 Å². The second-order valence-corrected chi connectivity index (χ2v) is 28.6. The number of primary amides is 1. The summed E-state index contributed by atoms with van der Waals surface area (Å²) in [4.78, 5) is 233. The number of phosphoric acid groups is 1. The Labute approximate surface area is 631 Å². The molecule has 1 saturated heterocycles. The van der Waals surface area contributed by atoms with Crippen LogP contribution in [0.2, 0.25) is 0 Å². The first-order valence-electron chi connectivity index (χ1n) is 35.0. The topological polar surface area (TPSA) is 501 Å². The van der Waals surface area contributed by atoms with Crippen LogP contribution < -0.4 is 48.3 Å². The molecule has 0 aliphatic carbocycles. The number of cyclic esters (lactones) is 2.